The number of pyridine rings is 1. The number of hydrogen-bond donors (Lipinski definition) is 3. The van der Waals surface area contributed by atoms with Crippen molar-refractivity contribution in [3.63, 3.8) is 0 Å². The number of halogens is 1. The van der Waals surface area contributed by atoms with Crippen LogP contribution in [0.2, 0.25) is 0 Å². The quantitative estimate of drug-likeness (QED) is 0.0726. The topological polar surface area (TPSA) is 245 Å². The van der Waals surface area contributed by atoms with Gasteiger partial charge in [0.2, 0.25) is 0 Å². The molecule has 39 heavy (non-hydrogen) atoms. The average Bonchev–Trinajstić information content (AvgIpc) is 2.78. The molecule has 0 radical (unpaired) electrons. The van der Waals surface area contributed by atoms with Crippen LogP contribution in [0.5, 0.6) is 0 Å². The zero-order chi connectivity index (χ0) is 26.4. The number of para-hydroxylation sites is 1. The summed E-state index contributed by atoms with van der Waals surface area (Å²) in [6.45, 7) is 5.09. The molecular formula is C25H30ClN5O7Pt. The van der Waals surface area contributed by atoms with Gasteiger partial charge in [0.15, 0.2) is 0 Å². The van der Waals surface area contributed by atoms with Crippen molar-refractivity contribution in [2.45, 2.75) is 26.3 Å². The standard InChI is InChI=1S/C13H9N.C7H6O2.C5H11NO2.ClH.HNO3.2H3N.Pt/c1-2-6-11-10(5-1)9-14-13-8-4-3-7-12(11)13;8-7(9)6-4-2-1-3-5-6;1-5(2,3)6-4(7)8;;2-1(3)4;;;/h1-9H;1-5H,(H,8,9);1-3H3,(H2,6,7,8);1H;(H,2,3,4);2*1H3;/q;;;;;;;+4/p-4. The SMILES string of the molecule is CC(C)(C)N=C([O-])[O-].N.N.O=C([O-])c1ccccc1.O=[N+]([O-])O.[Cl-].[Pt+4].c1ccc2c(c1)cnc1ccccc12. The number of aliphatic imine (C=N–C) groups is 1. The molecule has 0 amide bonds. The van der Waals surface area contributed by atoms with E-state index in [9.17, 15) is 20.1 Å². The van der Waals surface area contributed by atoms with Crippen molar-refractivity contribution < 1.29 is 63.9 Å². The Hall–Kier alpha value is -3.83. The van der Waals surface area contributed by atoms with Crippen molar-refractivity contribution in [3.8, 4) is 0 Å². The van der Waals surface area contributed by atoms with E-state index in [-0.39, 0.29) is 51.3 Å². The number of rotatable bonds is 1. The Labute approximate surface area is 246 Å². The minimum absolute atomic E-state index is 0. The van der Waals surface area contributed by atoms with Crippen molar-refractivity contribution in [1.82, 2.24) is 17.3 Å². The van der Waals surface area contributed by atoms with E-state index in [4.69, 9.17) is 15.3 Å². The first-order valence-electron chi connectivity index (χ1n) is 10.2. The molecule has 0 atom stereocenters. The van der Waals surface area contributed by atoms with Crippen molar-refractivity contribution in [2.75, 3.05) is 0 Å². The molecule has 3 aromatic carbocycles. The summed E-state index contributed by atoms with van der Waals surface area (Å²) < 4.78 is 0. The third kappa shape index (κ3) is 18.1. The Bertz CT molecular complexity index is 1230. The molecule has 0 bridgehead atoms. The van der Waals surface area contributed by atoms with E-state index in [1.54, 1.807) is 39.0 Å². The largest absolute Gasteiger partial charge is 4.00 e. The van der Waals surface area contributed by atoms with E-state index in [0.717, 1.165) is 5.52 Å². The fourth-order valence-corrected chi connectivity index (χ4v) is 2.66. The van der Waals surface area contributed by atoms with Gasteiger partial charge in [0.1, 0.15) is 0 Å². The summed E-state index contributed by atoms with van der Waals surface area (Å²) in [5.41, 5.74) is 0.766. The van der Waals surface area contributed by atoms with E-state index in [2.05, 4.69) is 40.3 Å². The van der Waals surface area contributed by atoms with Crippen LogP contribution in [-0.2, 0) is 21.1 Å². The molecule has 1 aromatic heterocycles. The fraction of sp³-hybridized carbons (Fsp3) is 0.160. The second-order valence-electron chi connectivity index (χ2n) is 7.80. The molecule has 0 aliphatic rings. The Balaban J connectivity index is -0.000000219. The number of carbonyl (C=O) groups is 1. The molecule has 12 nitrogen and oxygen atoms in total. The van der Waals surface area contributed by atoms with Crippen LogP contribution in [0, 0.1) is 10.1 Å². The second-order valence-corrected chi connectivity index (χ2v) is 7.80. The monoisotopic (exact) mass is 742 g/mol. The van der Waals surface area contributed by atoms with Crippen LogP contribution >= 0.6 is 0 Å². The molecule has 4 aromatic rings. The van der Waals surface area contributed by atoms with E-state index >= 15 is 0 Å². The predicted octanol–water partition coefficient (Wildman–Crippen LogP) is -0.723. The summed E-state index contributed by atoms with van der Waals surface area (Å²) in [5, 5.41) is 46.9. The normalized spacial score (nSPS) is 8.79. The summed E-state index contributed by atoms with van der Waals surface area (Å²) in [6.07, 6.45) is 0.579. The van der Waals surface area contributed by atoms with Gasteiger partial charge in [0, 0.05) is 17.0 Å². The first-order chi connectivity index (χ1) is 16.4. The van der Waals surface area contributed by atoms with Crippen molar-refractivity contribution in [3.05, 3.63) is 101 Å². The number of carbonyl (C=O) groups excluding carboxylic acids is 1. The smallest absolute Gasteiger partial charge is 1.00 e. The van der Waals surface area contributed by atoms with Gasteiger partial charge in [-0.1, -0.05) is 72.8 Å². The second kappa shape index (κ2) is 21.1. The molecule has 214 valence electrons. The molecule has 4 rings (SSSR count). The predicted molar refractivity (Wildman–Crippen MR) is 136 cm³/mol. The van der Waals surface area contributed by atoms with Crippen molar-refractivity contribution in [2.24, 2.45) is 4.99 Å². The zero-order valence-corrected chi connectivity index (χ0v) is 24.5. The Kier molecular flexibility index (Phi) is 22.9. The van der Waals surface area contributed by atoms with E-state index in [0.29, 0.717) is 0 Å². The molecule has 0 aliphatic carbocycles. The maximum absolute atomic E-state index is 10.1. The first-order valence-corrected chi connectivity index (χ1v) is 10.2. The van der Waals surface area contributed by atoms with Gasteiger partial charge >= 0.3 is 21.1 Å². The van der Waals surface area contributed by atoms with Gasteiger partial charge in [-0.25, -0.2) is 0 Å². The molecule has 0 spiro atoms. The fourth-order valence-electron chi connectivity index (χ4n) is 2.66. The Morgan fingerprint density at radius 3 is 1.69 bits per heavy atom. The number of aromatic carboxylic acids is 1. The van der Waals surface area contributed by atoms with Gasteiger partial charge in [0.05, 0.1) is 17.0 Å². The minimum Gasteiger partial charge on any atom is -1.00 e. The third-order valence-corrected chi connectivity index (χ3v) is 3.93. The van der Waals surface area contributed by atoms with Gasteiger partial charge in [-0.3, -0.25) is 4.98 Å². The summed E-state index contributed by atoms with van der Waals surface area (Å²) in [4.78, 5) is 26.1. The minimum atomic E-state index is -1.50. The van der Waals surface area contributed by atoms with Crippen molar-refractivity contribution >= 4 is 33.7 Å². The first kappa shape index (κ1) is 42.3. The van der Waals surface area contributed by atoms with Crippen LogP contribution in [0.25, 0.3) is 21.7 Å². The Morgan fingerprint density at radius 2 is 1.28 bits per heavy atom. The van der Waals surface area contributed by atoms with Crippen LogP contribution in [0.4, 0.5) is 0 Å². The van der Waals surface area contributed by atoms with Gasteiger partial charge in [-0.2, -0.15) is 0 Å². The molecule has 0 unspecified atom stereocenters. The van der Waals surface area contributed by atoms with E-state index < -0.39 is 22.7 Å². The van der Waals surface area contributed by atoms with E-state index in [1.807, 2.05) is 24.4 Å². The maximum Gasteiger partial charge on any atom is 4.00 e. The van der Waals surface area contributed by atoms with Crippen LogP contribution in [0.1, 0.15) is 31.1 Å². The molecule has 0 fully saturated rings. The molecule has 0 saturated heterocycles. The number of hydrogen-bond acceptors (Lipinski definition) is 10. The molecule has 0 aliphatic heterocycles. The van der Waals surface area contributed by atoms with Gasteiger partial charge < -0.3 is 55.0 Å². The molecule has 7 N–H and O–H groups in total. The van der Waals surface area contributed by atoms with Crippen LogP contribution in [-0.4, -0.2) is 32.9 Å². The number of aromatic nitrogens is 1. The summed E-state index contributed by atoms with van der Waals surface area (Å²) in [6, 6.07) is 24.6. The van der Waals surface area contributed by atoms with Crippen LogP contribution < -0.4 is 40.0 Å². The molecular weight excluding hydrogens is 713 g/mol. The summed E-state index contributed by atoms with van der Waals surface area (Å²) in [7, 11) is 0. The van der Waals surface area contributed by atoms with Gasteiger partial charge in [0.25, 0.3) is 5.09 Å². The number of carboxylic acid groups (broad SMARTS) is 1. The Morgan fingerprint density at radius 1 is 0.846 bits per heavy atom. The molecule has 0 saturated carbocycles. The summed E-state index contributed by atoms with van der Waals surface area (Å²) in [5.74, 6) is -1.13. The number of benzene rings is 3. The maximum atomic E-state index is 10.1. The molecule has 14 heteroatoms. The zero-order valence-electron chi connectivity index (χ0n) is 21.4. The molecule has 1 heterocycles. The number of nitrogens with zero attached hydrogens (tertiary/aromatic N) is 3. The number of fused-ring (bicyclic) bond motifs is 3. The van der Waals surface area contributed by atoms with Gasteiger partial charge in [-0.05, 0) is 37.8 Å². The number of carboxylic acids is 1. The third-order valence-electron chi connectivity index (χ3n) is 3.93. The average molecular weight is 743 g/mol. The van der Waals surface area contributed by atoms with Gasteiger partial charge in [-0.15, -0.1) is 16.2 Å². The summed E-state index contributed by atoms with van der Waals surface area (Å²) >= 11 is 0. The van der Waals surface area contributed by atoms with E-state index in [1.165, 1.54) is 28.3 Å². The van der Waals surface area contributed by atoms with Crippen molar-refractivity contribution in [1.29, 1.82) is 0 Å². The van der Waals surface area contributed by atoms with Crippen LogP contribution in [0.3, 0.4) is 0 Å². The van der Waals surface area contributed by atoms with Crippen LogP contribution in [0.15, 0.2) is 90.1 Å².